The van der Waals surface area contributed by atoms with Gasteiger partial charge in [0.15, 0.2) is 5.82 Å². The van der Waals surface area contributed by atoms with Gasteiger partial charge in [0.1, 0.15) is 0 Å². The van der Waals surface area contributed by atoms with Gasteiger partial charge < -0.3 is 9.67 Å². The number of rotatable bonds is 5. The van der Waals surface area contributed by atoms with E-state index >= 15 is 0 Å². The van der Waals surface area contributed by atoms with Gasteiger partial charge in [-0.05, 0) is 28.8 Å². The van der Waals surface area contributed by atoms with Crippen LogP contribution in [0, 0.1) is 0 Å². The number of carboxylic acid groups (broad SMARTS) is 1. The van der Waals surface area contributed by atoms with E-state index in [-0.39, 0.29) is 5.56 Å². The van der Waals surface area contributed by atoms with Crippen LogP contribution >= 0.6 is 0 Å². The molecule has 0 saturated carbocycles. The van der Waals surface area contributed by atoms with E-state index in [1.165, 1.54) is 0 Å². The van der Waals surface area contributed by atoms with Crippen molar-refractivity contribution in [1.82, 2.24) is 19.7 Å². The van der Waals surface area contributed by atoms with Crippen molar-refractivity contribution < 1.29 is 14.4 Å². The van der Waals surface area contributed by atoms with Crippen LogP contribution in [-0.2, 0) is 6.54 Å². The minimum atomic E-state index is -0.981. The van der Waals surface area contributed by atoms with Crippen molar-refractivity contribution >= 4 is 17.0 Å². The van der Waals surface area contributed by atoms with Gasteiger partial charge in [-0.3, -0.25) is 9.51 Å². The smallest absolute Gasteiger partial charge is 0.439 e. The Labute approximate surface area is 175 Å². The van der Waals surface area contributed by atoms with Crippen molar-refractivity contribution in [1.29, 1.82) is 0 Å². The van der Waals surface area contributed by atoms with E-state index in [0.717, 1.165) is 22.3 Å². The molecule has 152 valence electrons. The lowest BCUT2D eigenvalue weighted by Gasteiger charge is -2.10. The number of nitrogens with one attached hydrogen (secondary N) is 1. The summed E-state index contributed by atoms with van der Waals surface area (Å²) in [6.07, 6.45) is 1.65. The number of carbonyl (C=O) groups is 1. The van der Waals surface area contributed by atoms with E-state index in [1.54, 1.807) is 24.5 Å². The number of carboxylic acids is 1. The van der Waals surface area contributed by atoms with Crippen molar-refractivity contribution in [3.63, 3.8) is 0 Å². The van der Waals surface area contributed by atoms with Crippen LogP contribution in [0.25, 0.3) is 33.5 Å². The fraction of sp³-hybridized carbons (Fsp3) is 0.0435. The maximum Gasteiger partial charge on any atom is 0.439 e. The molecule has 0 fully saturated rings. The molecular formula is C23H16N4O4. The second-order valence-electron chi connectivity index (χ2n) is 7.04. The fourth-order valence-corrected chi connectivity index (χ4v) is 3.69. The Kier molecular flexibility index (Phi) is 4.44. The van der Waals surface area contributed by atoms with Gasteiger partial charge in [0, 0.05) is 12.1 Å². The topological polar surface area (TPSA) is 114 Å². The zero-order valence-corrected chi connectivity index (χ0v) is 16.1. The average molecular weight is 412 g/mol. The monoisotopic (exact) mass is 412 g/mol. The normalized spacial score (nSPS) is 11.1. The maximum absolute atomic E-state index is 11.6. The molecule has 0 saturated heterocycles. The van der Waals surface area contributed by atoms with Crippen LogP contribution in [0.15, 0.2) is 82.4 Å². The highest BCUT2D eigenvalue weighted by Crippen LogP contribution is 2.30. The summed E-state index contributed by atoms with van der Waals surface area (Å²) in [7, 11) is 0. The number of fused-ring (bicyclic) bond motifs is 1. The quantitative estimate of drug-likeness (QED) is 0.454. The number of aromatic carboxylic acids is 1. The van der Waals surface area contributed by atoms with Gasteiger partial charge >= 0.3 is 11.7 Å². The van der Waals surface area contributed by atoms with Gasteiger partial charge in [-0.2, -0.15) is 0 Å². The summed E-state index contributed by atoms with van der Waals surface area (Å²) in [5, 5.41) is 13.3. The van der Waals surface area contributed by atoms with Crippen molar-refractivity contribution in [3.05, 3.63) is 94.7 Å². The lowest BCUT2D eigenvalue weighted by Crippen LogP contribution is -2.04. The SMILES string of the molecule is O=C(O)c1cccc2ncn(Cc3ccc(-c4ccccc4-c4noc(=O)[nH]4)cc3)c12. The zero-order valence-electron chi connectivity index (χ0n) is 16.1. The summed E-state index contributed by atoms with van der Waals surface area (Å²) in [5.74, 6) is -1.21. The minimum Gasteiger partial charge on any atom is -0.478 e. The molecule has 2 N–H and O–H groups in total. The number of imidazole rings is 1. The Hall–Kier alpha value is -4.46. The van der Waals surface area contributed by atoms with Crippen LogP contribution in [-0.4, -0.2) is 30.8 Å². The molecule has 2 heterocycles. The molecule has 0 unspecified atom stereocenters. The molecule has 0 radical (unpaired) electrons. The van der Waals surface area contributed by atoms with Crippen molar-refractivity contribution in [2.45, 2.75) is 6.54 Å². The van der Waals surface area contributed by atoms with Gasteiger partial charge in [-0.25, -0.2) is 14.6 Å². The van der Waals surface area contributed by atoms with E-state index < -0.39 is 11.7 Å². The molecule has 0 atom stereocenters. The molecule has 0 aliphatic rings. The first-order chi connectivity index (χ1) is 15.1. The Bertz CT molecular complexity index is 1460. The van der Waals surface area contributed by atoms with E-state index in [9.17, 15) is 14.7 Å². The van der Waals surface area contributed by atoms with E-state index in [1.807, 2.05) is 53.1 Å². The van der Waals surface area contributed by atoms with E-state index in [2.05, 4.69) is 19.6 Å². The van der Waals surface area contributed by atoms with E-state index in [0.29, 0.717) is 23.4 Å². The van der Waals surface area contributed by atoms with Crippen LogP contribution in [0.5, 0.6) is 0 Å². The first-order valence-corrected chi connectivity index (χ1v) is 9.52. The third-order valence-corrected chi connectivity index (χ3v) is 5.11. The van der Waals surface area contributed by atoms with Gasteiger partial charge in [-0.1, -0.05) is 59.8 Å². The zero-order chi connectivity index (χ0) is 21.4. The van der Waals surface area contributed by atoms with Gasteiger partial charge in [0.25, 0.3) is 0 Å². The molecule has 31 heavy (non-hydrogen) atoms. The van der Waals surface area contributed by atoms with Crippen LogP contribution in [0.1, 0.15) is 15.9 Å². The Morgan fingerprint density at radius 3 is 2.48 bits per heavy atom. The summed E-state index contributed by atoms with van der Waals surface area (Å²) in [6, 6.07) is 20.6. The first kappa shape index (κ1) is 18.6. The second-order valence-corrected chi connectivity index (χ2v) is 7.04. The predicted octanol–water partition coefficient (Wildman–Crippen LogP) is 3.79. The molecule has 0 bridgehead atoms. The van der Waals surface area contributed by atoms with Crippen LogP contribution < -0.4 is 5.76 Å². The van der Waals surface area contributed by atoms with Crippen molar-refractivity contribution in [3.8, 4) is 22.5 Å². The molecular weight excluding hydrogens is 396 g/mol. The molecule has 0 aliphatic carbocycles. The number of benzene rings is 3. The minimum absolute atomic E-state index is 0.224. The van der Waals surface area contributed by atoms with Crippen LogP contribution in [0.2, 0.25) is 0 Å². The first-order valence-electron chi connectivity index (χ1n) is 9.52. The summed E-state index contributed by atoms with van der Waals surface area (Å²) in [5.41, 5.74) is 5.07. The third kappa shape index (κ3) is 3.40. The molecule has 5 aromatic rings. The number of aromatic nitrogens is 4. The van der Waals surface area contributed by atoms with Gasteiger partial charge in [0.2, 0.25) is 0 Å². The lowest BCUT2D eigenvalue weighted by molar-refractivity contribution is 0.0698. The molecule has 0 amide bonds. The van der Waals surface area contributed by atoms with E-state index in [4.69, 9.17) is 0 Å². The van der Waals surface area contributed by atoms with Crippen LogP contribution in [0.4, 0.5) is 0 Å². The number of H-pyrrole nitrogens is 1. The fourth-order valence-electron chi connectivity index (χ4n) is 3.69. The third-order valence-electron chi connectivity index (χ3n) is 5.11. The number of hydrogen-bond donors (Lipinski definition) is 2. The maximum atomic E-state index is 11.6. The van der Waals surface area contributed by atoms with Gasteiger partial charge in [0.05, 0.1) is 22.9 Å². The molecule has 8 heteroatoms. The number of aromatic amines is 1. The molecule has 8 nitrogen and oxygen atoms in total. The largest absolute Gasteiger partial charge is 0.478 e. The van der Waals surface area contributed by atoms with Crippen molar-refractivity contribution in [2.24, 2.45) is 0 Å². The molecule has 0 spiro atoms. The predicted molar refractivity (Wildman–Crippen MR) is 114 cm³/mol. The number of nitrogens with zero attached hydrogens (tertiary/aromatic N) is 3. The second kappa shape index (κ2) is 7.42. The van der Waals surface area contributed by atoms with Crippen LogP contribution in [0.3, 0.4) is 0 Å². The molecule has 3 aromatic carbocycles. The molecule has 0 aliphatic heterocycles. The lowest BCUT2D eigenvalue weighted by atomic mass is 9.98. The highest BCUT2D eigenvalue weighted by Gasteiger charge is 2.14. The van der Waals surface area contributed by atoms with Crippen molar-refractivity contribution in [2.75, 3.05) is 0 Å². The highest BCUT2D eigenvalue weighted by atomic mass is 16.5. The van der Waals surface area contributed by atoms with Gasteiger partial charge in [-0.15, -0.1) is 0 Å². The average Bonchev–Trinajstić information content (AvgIpc) is 3.40. The number of hydrogen-bond acceptors (Lipinski definition) is 5. The summed E-state index contributed by atoms with van der Waals surface area (Å²) < 4.78 is 6.47. The highest BCUT2D eigenvalue weighted by molar-refractivity contribution is 6.01. The Balaban J connectivity index is 1.48. The summed E-state index contributed by atoms with van der Waals surface area (Å²) in [4.78, 5) is 29.8. The standard InChI is InChI=1S/C23H16N4O4/c28-22(29)18-6-3-7-19-20(18)27(13-24-19)12-14-8-10-15(11-9-14)16-4-1-2-5-17(16)21-25-23(30)31-26-21/h1-11,13H,12H2,(H,28,29)(H,25,26,30). The molecule has 2 aromatic heterocycles. The number of para-hydroxylation sites is 1. The Morgan fingerprint density at radius 2 is 1.77 bits per heavy atom. The molecule has 5 rings (SSSR count). The Morgan fingerprint density at radius 1 is 1.00 bits per heavy atom. The summed E-state index contributed by atoms with van der Waals surface area (Å²) in [6.45, 7) is 0.485. The summed E-state index contributed by atoms with van der Waals surface area (Å²) >= 11 is 0.